The lowest BCUT2D eigenvalue weighted by Gasteiger charge is -2.10. The highest BCUT2D eigenvalue weighted by molar-refractivity contribution is 5.90. The maximum absolute atomic E-state index is 13.1. The molecule has 0 fully saturated rings. The highest BCUT2D eigenvalue weighted by atomic mass is 19.1. The van der Waals surface area contributed by atoms with Crippen LogP contribution in [0, 0.1) is 11.6 Å². The van der Waals surface area contributed by atoms with E-state index < -0.39 is 36.2 Å². The number of anilines is 1. The Bertz CT molecular complexity index is 468. The van der Waals surface area contributed by atoms with Crippen LogP contribution in [0.1, 0.15) is 0 Å². The van der Waals surface area contributed by atoms with Crippen molar-refractivity contribution in [3.05, 3.63) is 29.8 Å². The maximum atomic E-state index is 13.1. The summed E-state index contributed by atoms with van der Waals surface area (Å²) in [7, 11) is 0. The number of carbonyl (C=O) groups excluding carboxylic acids is 2. The maximum Gasteiger partial charge on any atom is 0.319 e. The van der Waals surface area contributed by atoms with E-state index in [2.05, 4.69) is 10.6 Å². The van der Waals surface area contributed by atoms with Crippen molar-refractivity contribution in [3.63, 3.8) is 0 Å². The molecular weight excluding hydrogens is 248 g/mol. The van der Waals surface area contributed by atoms with Gasteiger partial charge in [-0.3, -0.25) is 4.79 Å². The quantitative estimate of drug-likeness (QED) is 0.608. The Balaban J connectivity index is 2.52. The molecule has 3 amide bonds. The molecule has 0 aliphatic heterocycles. The fourth-order valence-electron chi connectivity index (χ4n) is 1.05. The third-order valence-electron chi connectivity index (χ3n) is 1.96. The first-order chi connectivity index (χ1) is 8.40. The number of hydrogen-bond donors (Lipinski definition) is 4. The molecule has 1 rings (SSSR count). The molecule has 0 saturated carbocycles. The highest BCUT2D eigenvalue weighted by Crippen LogP contribution is 2.14. The average Bonchev–Trinajstić information content (AvgIpc) is 2.29. The van der Waals surface area contributed by atoms with Crippen LogP contribution >= 0.6 is 0 Å². The van der Waals surface area contributed by atoms with E-state index in [-0.39, 0.29) is 5.69 Å². The van der Waals surface area contributed by atoms with E-state index in [0.717, 1.165) is 12.1 Å². The number of aliphatic hydroxyl groups excluding tert-OH is 1. The molecule has 0 spiro atoms. The zero-order valence-corrected chi connectivity index (χ0v) is 9.11. The first-order valence-corrected chi connectivity index (χ1v) is 4.87. The van der Waals surface area contributed by atoms with E-state index in [1.165, 1.54) is 0 Å². The van der Waals surface area contributed by atoms with Crippen molar-refractivity contribution in [2.45, 2.75) is 6.10 Å². The van der Waals surface area contributed by atoms with E-state index >= 15 is 0 Å². The molecule has 0 aliphatic rings. The van der Waals surface area contributed by atoms with E-state index in [9.17, 15) is 18.4 Å². The van der Waals surface area contributed by atoms with Crippen LogP contribution in [0.15, 0.2) is 18.2 Å². The van der Waals surface area contributed by atoms with E-state index in [4.69, 9.17) is 10.8 Å². The number of hydrogen-bond acceptors (Lipinski definition) is 3. The fourth-order valence-corrected chi connectivity index (χ4v) is 1.05. The smallest absolute Gasteiger partial charge is 0.319 e. The Morgan fingerprint density at radius 1 is 1.39 bits per heavy atom. The molecule has 0 bridgehead atoms. The molecular formula is C10H11F2N3O3. The molecule has 0 radical (unpaired) electrons. The molecule has 8 heteroatoms. The van der Waals surface area contributed by atoms with Crippen molar-refractivity contribution in [1.82, 2.24) is 5.32 Å². The van der Waals surface area contributed by atoms with Crippen LogP contribution in [-0.2, 0) is 4.79 Å². The number of carbonyl (C=O) groups is 2. The number of urea groups is 1. The van der Waals surface area contributed by atoms with E-state index in [1.54, 1.807) is 0 Å². The van der Waals surface area contributed by atoms with Crippen molar-refractivity contribution >= 4 is 17.6 Å². The zero-order chi connectivity index (χ0) is 13.7. The van der Waals surface area contributed by atoms with Crippen molar-refractivity contribution in [1.29, 1.82) is 0 Å². The van der Waals surface area contributed by atoms with Gasteiger partial charge in [0.15, 0.2) is 0 Å². The molecule has 0 heterocycles. The molecule has 6 nitrogen and oxygen atoms in total. The average molecular weight is 259 g/mol. The Kier molecular flexibility index (Phi) is 4.55. The summed E-state index contributed by atoms with van der Waals surface area (Å²) in [5, 5.41) is 13.2. The van der Waals surface area contributed by atoms with Crippen molar-refractivity contribution in [2.24, 2.45) is 5.73 Å². The van der Waals surface area contributed by atoms with E-state index in [0.29, 0.717) is 6.07 Å². The van der Waals surface area contributed by atoms with Crippen molar-refractivity contribution in [3.8, 4) is 0 Å². The van der Waals surface area contributed by atoms with Crippen LogP contribution in [-0.4, -0.2) is 29.7 Å². The topological polar surface area (TPSA) is 104 Å². The molecule has 1 atom stereocenters. The van der Waals surface area contributed by atoms with Gasteiger partial charge in [0.2, 0.25) is 5.91 Å². The number of aliphatic hydroxyl groups is 1. The second kappa shape index (κ2) is 5.92. The highest BCUT2D eigenvalue weighted by Gasteiger charge is 2.13. The van der Waals surface area contributed by atoms with Crippen LogP contribution in [0.25, 0.3) is 0 Å². The van der Waals surface area contributed by atoms with Gasteiger partial charge in [-0.05, 0) is 12.1 Å². The molecule has 1 unspecified atom stereocenters. The standard InChI is InChI=1S/C10H11F2N3O3/c11-5-1-2-7(6(12)3-5)15-10(18)14-4-8(16)9(13)17/h1-3,8,16H,4H2,(H2,13,17)(H2,14,15,18). The van der Waals surface area contributed by atoms with E-state index in [1.807, 2.05) is 0 Å². The van der Waals surface area contributed by atoms with Gasteiger partial charge in [0.25, 0.3) is 0 Å². The second-order valence-corrected chi connectivity index (χ2v) is 3.38. The van der Waals surface area contributed by atoms with Gasteiger partial charge in [0.05, 0.1) is 12.2 Å². The minimum absolute atomic E-state index is 0.234. The Morgan fingerprint density at radius 3 is 2.61 bits per heavy atom. The number of primary amides is 1. The molecule has 0 aromatic heterocycles. The van der Waals surface area contributed by atoms with Crippen LogP contribution in [0.4, 0.5) is 19.3 Å². The monoisotopic (exact) mass is 259 g/mol. The normalized spacial score (nSPS) is 11.7. The molecule has 0 saturated heterocycles. The number of rotatable bonds is 4. The van der Waals surface area contributed by atoms with Crippen molar-refractivity contribution < 1.29 is 23.5 Å². The summed E-state index contributed by atoms with van der Waals surface area (Å²) in [6.45, 7) is -0.413. The van der Waals surface area contributed by atoms with Gasteiger partial charge in [-0.2, -0.15) is 0 Å². The predicted molar refractivity (Wildman–Crippen MR) is 58.6 cm³/mol. The Hall–Kier alpha value is -2.22. The zero-order valence-electron chi connectivity index (χ0n) is 9.11. The van der Waals surface area contributed by atoms with Crippen molar-refractivity contribution in [2.75, 3.05) is 11.9 Å². The summed E-state index contributed by atoms with van der Waals surface area (Å²) in [6.07, 6.45) is -1.53. The lowest BCUT2D eigenvalue weighted by Crippen LogP contribution is -2.41. The number of halogens is 2. The van der Waals surface area contributed by atoms with Crippen LogP contribution in [0.3, 0.4) is 0 Å². The molecule has 1 aromatic carbocycles. The number of nitrogens with one attached hydrogen (secondary N) is 2. The van der Waals surface area contributed by atoms with Gasteiger partial charge in [0.1, 0.15) is 17.7 Å². The number of amides is 3. The summed E-state index contributed by atoms with van der Waals surface area (Å²) >= 11 is 0. The lowest BCUT2D eigenvalue weighted by atomic mass is 10.3. The summed E-state index contributed by atoms with van der Waals surface area (Å²) in [4.78, 5) is 21.7. The minimum Gasteiger partial charge on any atom is -0.381 e. The van der Waals surface area contributed by atoms with Crippen LogP contribution in [0.5, 0.6) is 0 Å². The van der Waals surface area contributed by atoms with Crippen LogP contribution in [0.2, 0.25) is 0 Å². The molecule has 0 aliphatic carbocycles. The molecule has 98 valence electrons. The minimum atomic E-state index is -1.53. The summed E-state index contributed by atoms with van der Waals surface area (Å²) in [5.41, 5.74) is 4.52. The molecule has 5 N–H and O–H groups in total. The number of benzene rings is 1. The van der Waals surface area contributed by atoms with Gasteiger partial charge in [-0.15, -0.1) is 0 Å². The fraction of sp³-hybridized carbons (Fsp3) is 0.200. The Labute approximate surface area is 101 Å². The van der Waals surface area contributed by atoms with Gasteiger partial charge in [0, 0.05) is 6.07 Å². The Morgan fingerprint density at radius 2 is 2.06 bits per heavy atom. The summed E-state index contributed by atoms with van der Waals surface area (Å²) < 4.78 is 25.7. The first-order valence-electron chi connectivity index (χ1n) is 4.87. The van der Waals surface area contributed by atoms with Gasteiger partial charge >= 0.3 is 6.03 Å². The first kappa shape index (κ1) is 13.8. The SMILES string of the molecule is NC(=O)C(O)CNC(=O)Nc1ccc(F)cc1F. The summed E-state index contributed by atoms with van der Waals surface area (Å²) in [5.74, 6) is -2.72. The molecule has 1 aromatic rings. The largest absolute Gasteiger partial charge is 0.381 e. The molecule has 18 heavy (non-hydrogen) atoms. The summed E-state index contributed by atoms with van der Waals surface area (Å²) in [6, 6.07) is 1.75. The van der Waals surface area contributed by atoms with Gasteiger partial charge in [-0.25, -0.2) is 13.6 Å². The van der Waals surface area contributed by atoms with Gasteiger partial charge < -0.3 is 21.5 Å². The van der Waals surface area contributed by atoms with Gasteiger partial charge in [-0.1, -0.05) is 0 Å². The number of nitrogens with two attached hydrogens (primary N) is 1. The second-order valence-electron chi connectivity index (χ2n) is 3.38. The predicted octanol–water partition coefficient (Wildman–Crippen LogP) is -0.0675. The third-order valence-corrected chi connectivity index (χ3v) is 1.96. The van der Waals surface area contributed by atoms with Crippen LogP contribution < -0.4 is 16.4 Å². The lowest BCUT2D eigenvalue weighted by molar-refractivity contribution is -0.125. The third kappa shape index (κ3) is 3.98.